The summed E-state index contributed by atoms with van der Waals surface area (Å²) in [6.45, 7) is 4.76. The lowest BCUT2D eigenvalue weighted by atomic mass is 10.3. The van der Waals surface area contributed by atoms with E-state index in [9.17, 15) is 8.42 Å². The minimum Gasteiger partial charge on any atom is -0.492 e. The third-order valence-electron chi connectivity index (χ3n) is 2.99. The average Bonchev–Trinajstić information content (AvgIpc) is 2.46. The second kappa shape index (κ2) is 8.58. The van der Waals surface area contributed by atoms with E-state index in [4.69, 9.17) is 21.1 Å². The number of sulfonamides is 1. The summed E-state index contributed by atoms with van der Waals surface area (Å²) >= 11 is 5.54. The maximum atomic E-state index is 12.6. The van der Waals surface area contributed by atoms with Crippen molar-refractivity contribution in [3.05, 3.63) is 24.3 Å². The third-order valence-corrected chi connectivity index (χ3v) is 5.25. The number of rotatable bonds is 9. The summed E-state index contributed by atoms with van der Waals surface area (Å²) in [5, 5.41) is 0. The van der Waals surface area contributed by atoms with Crippen LogP contribution in [0.3, 0.4) is 0 Å². The molecule has 0 spiro atoms. The fourth-order valence-corrected chi connectivity index (χ4v) is 3.75. The molecule has 1 atom stereocenters. The van der Waals surface area contributed by atoms with Crippen molar-refractivity contribution in [1.82, 2.24) is 4.31 Å². The quantitative estimate of drug-likeness (QED) is 0.650. The van der Waals surface area contributed by atoms with E-state index in [1.807, 2.05) is 13.8 Å². The van der Waals surface area contributed by atoms with Crippen LogP contribution < -0.4 is 4.74 Å². The molecule has 120 valence electrons. The van der Waals surface area contributed by atoms with Crippen LogP contribution in [0.1, 0.15) is 13.8 Å². The van der Waals surface area contributed by atoms with Crippen molar-refractivity contribution in [2.24, 2.45) is 0 Å². The number of benzene rings is 1. The van der Waals surface area contributed by atoms with Gasteiger partial charge in [-0.15, -0.1) is 11.6 Å². The molecule has 1 aromatic carbocycles. The number of likely N-dealkylation sites (N-methyl/N-ethyl adjacent to an activating group) is 1. The first-order valence-corrected chi connectivity index (χ1v) is 8.74. The molecule has 0 fully saturated rings. The van der Waals surface area contributed by atoms with Gasteiger partial charge in [0.15, 0.2) is 0 Å². The number of alkyl halides is 1. The van der Waals surface area contributed by atoms with Crippen LogP contribution in [0.5, 0.6) is 5.75 Å². The predicted octanol–water partition coefficient (Wildman–Crippen LogP) is 2.35. The van der Waals surface area contributed by atoms with Crippen molar-refractivity contribution >= 4 is 21.6 Å². The van der Waals surface area contributed by atoms with Crippen LogP contribution in [-0.4, -0.2) is 51.5 Å². The summed E-state index contributed by atoms with van der Waals surface area (Å²) in [7, 11) is -1.98. The average molecular weight is 336 g/mol. The number of hydrogen-bond donors (Lipinski definition) is 0. The monoisotopic (exact) mass is 335 g/mol. The van der Waals surface area contributed by atoms with E-state index in [1.54, 1.807) is 31.4 Å². The van der Waals surface area contributed by atoms with Crippen molar-refractivity contribution < 1.29 is 17.9 Å². The smallest absolute Gasteiger partial charge is 0.243 e. The molecular weight excluding hydrogens is 314 g/mol. The van der Waals surface area contributed by atoms with E-state index in [2.05, 4.69) is 0 Å². The lowest BCUT2D eigenvalue weighted by Crippen LogP contribution is -2.40. The SMILES string of the molecule is CCN(C(C)COC)S(=O)(=O)c1ccc(OCCCl)cc1. The zero-order valence-electron chi connectivity index (χ0n) is 12.6. The van der Waals surface area contributed by atoms with Crippen LogP contribution in [0.15, 0.2) is 29.2 Å². The second-order valence-corrected chi connectivity index (χ2v) is 6.79. The number of nitrogens with zero attached hydrogens (tertiary/aromatic N) is 1. The molecule has 0 saturated heterocycles. The highest BCUT2D eigenvalue weighted by Gasteiger charge is 2.27. The number of halogens is 1. The van der Waals surface area contributed by atoms with Crippen LogP contribution in [0.2, 0.25) is 0 Å². The summed E-state index contributed by atoms with van der Waals surface area (Å²) in [6, 6.07) is 6.13. The van der Waals surface area contributed by atoms with Gasteiger partial charge in [-0.2, -0.15) is 4.31 Å². The Hall–Kier alpha value is -0.820. The topological polar surface area (TPSA) is 55.8 Å². The Morgan fingerprint density at radius 2 is 1.90 bits per heavy atom. The van der Waals surface area contributed by atoms with Gasteiger partial charge in [0, 0.05) is 19.7 Å². The lowest BCUT2D eigenvalue weighted by molar-refractivity contribution is 0.142. The fourth-order valence-electron chi connectivity index (χ4n) is 2.04. The Morgan fingerprint density at radius 1 is 1.29 bits per heavy atom. The van der Waals surface area contributed by atoms with Crippen molar-refractivity contribution in [3.8, 4) is 5.75 Å². The van der Waals surface area contributed by atoms with Gasteiger partial charge in [-0.25, -0.2) is 8.42 Å². The first-order chi connectivity index (χ1) is 9.97. The van der Waals surface area contributed by atoms with Crippen molar-refractivity contribution in [1.29, 1.82) is 0 Å². The van der Waals surface area contributed by atoms with Crippen LogP contribution >= 0.6 is 11.6 Å². The Kier molecular flexibility index (Phi) is 7.45. The first-order valence-electron chi connectivity index (χ1n) is 6.77. The molecule has 1 aromatic rings. The molecule has 21 heavy (non-hydrogen) atoms. The highest BCUT2D eigenvalue weighted by atomic mass is 35.5. The van der Waals surface area contributed by atoms with Gasteiger partial charge in [-0.3, -0.25) is 0 Å². The molecule has 0 N–H and O–H groups in total. The third kappa shape index (κ3) is 4.85. The molecule has 0 heterocycles. The van der Waals surface area contributed by atoms with Crippen LogP contribution in [0, 0.1) is 0 Å². The van der Waals surface area contributed by atoms with Crippen LogP contribution in [-0.2, 0) is 14.8 Å². The molecule has 7 heteroatoms. The van der Waals surface area contributed by atoms with Gasteiger partial charge < -0.3 is 9.47 Å². The van der Waals surface area contributed by atoms with Gasteiger partial charge in [0.25, 0.3) is 0 Å². The number of ether oxygens (including phenoxy) is 2. The van der Waals surface area contributed by atoms with Crippen molar-refractivity contribution in [3.63, 3.8) is 0 Å². The molecule has 0 saturated carbocycles. The molecule has 0 aromatic heterocycles. The van der Waals surface area contributed by atoms with E-state index in [1.165, 1.54) is 4.31 Å². The van der Waals surface area contributed by atoms with E-state index in [-0.39, 0.29) is 10.9 Å². The van der Waals surface area contributed by atoms with Crippen molar-refractivity contribution in [2.75, 3.05) is 32.7 Å². The highest BCUT2D eigenvalue weighted by molar-refractivity contribution is 7.89. The largest absolute Gasteiger partial charge is 0.492 e. The molecule has 0 bridgehead atoms. The van der Waals surface area contributed by atoms with E-state index in [0.29, 0.717) is 31.4 Å². The summed E-state index contributed by atoms with van der Waals surface area (Å²) in [5.41, 5.74) is 0. The summed E-state index contributed by atoms with van der Waals surface area (Å²) in [6.07, 6.45) is 0. The van der Waals surface area contributed by atoms with Gasteiger partial charge in [0.05, 0.1) is 17.4 Å². The number of methoxy groups -OCH3 is 1. The maximum Gasteiger partial charge on any atom is 0.243 e. The summed E-state index contributed by atoms with van der Waals surface area (Å²) in [4.78, 5) is 0.241. The lowest BCUT2D eigenvalue weighted by Gasteiger charge is -2.26. The van der Waals surface area contributed by atoms with Gasteiger partial charge in [0.2, 0.25) is 10.0 Å². The molecular formula is C14H22ClNO4S. The van der Waals surface area contributed by atoms with Gasteiger partial charge in [-0.1, -0.05) is 6.92 Å². The Balaban J connectivity index is 2.95. The summed E-state index contributed by atoms with van der Waals surface area (Å²) in [5.74, 6) is 0.987. The van der Waals surface area contributed by atoms with Crippen LogP contribution in [0.4, 0.5) is 0 Å². The minimum absolute atomic E-state index is 0.225. The highest BCUT2D eigenvalue weighted by Crippen LogP contribution is 2.21. The Labute approximate surface area is 131 Å². The Bertz CT molecular complexity index is 518. The molecule has 0 aliphatic carbocycles. The fraction of sp³-hybridized carbons (Fsp3) is 0.571. The first kappa shape index (κ1) is 18.2. The van der Waals surface area contributed by atoms with E-state index < -0.39 is 10.0 Å². The van der Waals surface area contributed by atoms with E-state index >= 15 is 0 Å². The second-order valence-electron chi connectivity index (χ2n) is 4.52. The van der Waals surface area contributed by atoms with Gasteiger partial charge in [-0.05, 0) is 31.2 Å². The van der Waals surface area contributed by atoms with Crippen LogP contribution in [0.25, 0.3) is 0 Å². The Morgan fingerprint density at radius 3 is 2.38 bits per heavy atom. The van der Waals surface area contributed by atoms with Gasteiger partial charge >= 0.3 is 0 Å². The maximum absolute atomic E-state index is 12.6. The standard InChI is InChI=1S/C14H22ClNO4S/c1-4-16(12(2)11-19-3)21(17,18)14-7-5-13(6-8-14)20-10-9-15/h5-8,12H,4,9-11H2,1-3H3. The van der Waals surface area contributed by atoms with Gasteiger partial charge in [0.1, 0.15) is 12.4 Å². The molecule has 5 nitrogen and oxygen atoms in total. The van der Waals surface area contributed by atoms with E-state index in [0.717, 1.165) is 0 Å². The predicted molar refractivity (Wildman–Crippen MR) is 83.6 cm³/mol. The molecule has 1 rings (SSSR count). The molecule has 0 aliphatic rings. The molecule has 0 amide bonds. The molecule has 0 aliphatic heterocycles. The summed E-state index contributed by atoms with van der Waals surface area (Å²) < 4.78 is 37.0. The zero-order chi connectivity index (χ0) is 15.9. The number of hydrogen-bond acceptors (Lipinski definition) is 4. The minimum atomic E-state index is -3.54. The normalized spacial score (nSPS) is 13.4. The molecule has 0 radical (unpaired) electrons. The molecule has 1 unspecified atom stereocenters. The van der Waals surface area contributed by atoms with Crippen molar-refractivity contribution in [2.45, 2.75) is 24.8 Å². The zero-order valence-corrected chi connectivity index (χ0v) is 14.2.